The summed E-state index contributed by atoms with van der Waals surface area (Å²) in [5, 5.41) is 0. The Hall–Kier alpha value is -2.04. The van der Waals surface area contributed by atoms with Crippen molar-refractivity contribution in [2.45, 2.75) is 13.8 Å². The molecule has 0 fully saturated rings. The molecular weight excluding hydrogens is 208 g/mol. The van der Waals surface area contributed by atoms with Crippen molar-refractivity contribution >= 4 is 0 Å². The highest BCUT2D eigenvalue weighted by Crippen LogP contribution is 2.09. The molecule has 0 N–H and O–H groups in total. The van der Waals surface area contributed by atoms with Crippen molar-refractivity contribution in [3.05, 3.63) is 50.5 Å². The molecule has 0 spiro atoms. The topological polar surface area (TPSA) is 57.1 Å². The minimum Gasteiger partial charge on any atom is -0.445 e. The van der Waals surface area contributed by atoms with Crippen molar-refractivity contribution in [1.29, 1.82) is 0 Å². The number of aryl methyl sites for hydroxylation is 2. The Morgan fingerprint density at radius 3 is 2.44 bits per heavy atom. The zero-order valence-corrected chi connectivity index (χ0v) is 9.35. The predicted molar refractivity (Wildman–Crippen MR) is 59.0 cm³/mol. The fraction of sp³-hybridized carbons (Fsp3) is 0.273. The Kier molecular flexibility index (Phi) is 2.30. The minimum atomic E-state index is -0.412. The van der Waals surface area contributed by atoms with Crippen molar-refractivity contribution in [2.24, 2.45) is 7.05 Å². The average molecular weight is 220 g/mol. The molecule has 16 heavy (non-hydrogen) atoms. The van der Waals surface area contributed by atoms with Gasteiger partial charge in [-0.25, -0.2) is 9.36 Å². The van der Waals surface area contributed by atoms with E-state index in [1.165, 1.54) is 17.8 Å². The molecule has 0 atom stereocenters. The van der Waals surface area contributed by atoms with Crippen LogP contribution in [0.3, 0.4) is 0 Å². The van der Waals surface area contributed by atoms with Gasteiger partial charge < -0.3 is 4.42 Å². The van der Waals surface area contributed by atoms with Crippen LogP contribution in [0.1, 0.15) is 11.3 Å². The average Bonchev–Trinajstić information content (AvgIpc) is 2.67. The van der Waals surface area contributed by atoms with E-state index in [1.807, 2.05) is 0 Å². The summed E-state index contributed by atoms with van der Waals surface area (Å²) < 4.78 is 7.73. The van der Waals surface area contributed by atoms with E-state index in [0.717, 1.165) is 4.57 Å². The monoisotopic (exact) mass is 220 g/mol. The maximum absolute atomic E-state index is 11.8. The van der Waals surface area contributed by atoms with Crippen LogP contribution >= 0.6 is 0 Å². The van der Waals surface area contributed by atoms with Crippen LogP contribution in [0.2, 0.25) is 0 Å². The van der Waals surface area contributed by atoms with Crippen LogP contribution in [0.5, 0.6) is 0 Å². The quantitative estimate of drug-likeness (QED) is 0.712. The van der Waals surface area contributed by atoms with Gasteiger partial charge in [-0.05, 0) is 19.9 Å². The zero-order valence-electron chi connectivity index (χ0n) is 9.35. The van der Waals surface area contributed by atoms with Gasteiger partial charge in [-0.1, -0.05) is 0 Å². The standard InChI is InChI=1S/C11H12N2O3/c1-7-6-13(9-5-4-8(2)16-9)11(15)12(3)10(7)14/h4-6H,1-3H3. The lowest BCUT2D eigenvalue weighted by Gasteiger charge is -2.05. The lowest BCUT2D eigenvalue weighted by atomic mass is 10.4. The molecular formula is C11H12N2O3. The molecule has 84 valence electrons. The first-order valence-corrected chi connectivity index (χ1v) is 4.87. The van der Waals surface area contributed by atoms with Crippen molar-refractivity contribution in [3.63, 3.8) is 0 Å². The fourth-order valence-electron chi connectivity index (χ4n) is 1.53. The maximum atomic E-state index is 11.8. The Morgan fingerprint density at radius 2 is 1.88 bits per heavy atom. The Labute approximate surface area is 91.6 Å². The van der Waals surface area contributed by atoms with E-state index in [4.69, 9.17) is 4.42 Å². The molecule has 0 aliphatic heterocycles. The number of rotatable bonds is 1. The first kappa shape index (κ1) is 10.5. The van der Waals surface area contributed by atoms with Crippen LogP contribution in [0.15, 0.2) is 32.3 Å². The van der Waals surface area contributed by atoms with Gasteiger partial charge in [0.1, 0.15) is 5.76 Å². The predicted octanol–water partition coefficient (Wildman–Crippen LogP) is 0.746. The smallest absolute Gasteiger partial charge is 0.337 e. The third kappa shape index (κ3) is 1.50. The summed E-state index contributed by atoms with van der Waals surface area (Å²) >= 11 is 0. The SMILES string of the molecule is Cc1ccc(-n2cc(C)c(=O)n(C)c2=O)o1. The van der Waals surface area contributed by atoms with Gasteiger partial charge in [0, 0.05) is 24.9 Å². The first-order valence-electron chi connectivity index (χ1n) is 4.87. The van der Waals surface area contributed by atoms with Gasteiger partial charge in [0.05, 0.1) is 0 Å². The summed E-state index contributed by atoms with van der Waals surface area (Å²) in [5.74, 6) is 1.13. The highest BCUT2D eigenvalue weighted by atomic mass is 16.4. The Bertz CT molecular complexity index is 646. The molecule has 0 aliphatic carbocycles. The van der Waals surface area contributed by atoms with E-state index in [2.05, 4.69) is 0 Å². The molecule has 2 heterocycles. The van der Waals surface area contributed by atoms with Crippen LogP contribution < -0.4 is 11.2 Å². The molecule has 0 amide bonds. The third-order valence-electron chi connectivity index (χ3n) is 2.42. The van der Waals surface area contributed by atoms with E-state index in [0.29, 0.717) is 17.2 Å². The van der Waals surface area contributed by atoms with Gasteiger partial charge in [0.2, 0.25) is 5.88 Å². The van der Waals surface area contributed by atoms with Gasteiger partial charge in [0.25, 0.3) is 5.56 Å². The summed E-state index contributed by atoms with van der Waals surface area (Å²) in [6.45, 7) is 3.46. The highest BCUT2D eigenvalue weighted by Gasteiger charge is 2.09. The summed E-state index contributed by atoms with van der Waals surface area (Å²) in [7, 11) is 1.45. The molecule has 5 nitrogen and oxygen atoms in total. The molecule has 0 aromatic carbocycles. The van der Waals surface area contributed by atoms with Gasteiger partial charge in [0.15, 0.2) is 0 Å². The lowest BCUT2D eigenvalue weighted by molar-refractivity contribution is 0.497. The van der Waals surface area contributed by atoms with Gasteiger partial charge in [-0.3, -0.25) is 9.36 Å². The fourth-order valence-corrected chi connectivity index (χ4v) is 1.53. The Balaban J connectivity index is 2.77. The van der Waals surface area contributed by atoms with Gasteiger partial charge in [-0.2, -0.15) is 0 Å². The summed E-state index contributed by atoms with van der Waals surface area (Å²) in [6, 6.07) is 3.46. The van der Waals surface area contributed by atoms with E-state index in [9.17, 15) is 9.59 Å². The summed E-state index contributed by atoms with van der Waals surface area (Å²) in [4.78, 5) is 23.3. The normalized spacial score (nSPS) is 10.7. The van der Waals surface area contributed by atoms with Crippen LogP contribution in [0.4, 0.5) is 0 Å². The van der Waals surface area contributed by atoms with E-state index in [-0.39, 0.29) is 5.56 Å². The second kappa shape index (κ2) is 3.52. The first-order chi connectivity index (χ1) is 7.50. The second-order valence-electron chi connectivity index (χ2n) is 3.71. The number of hydrogen-bond donors (Lipinski definition) is 0. The van der Waals surface area contributed by atoms with Crippen LogP contribution in [0.25, 0.3) is 5.88 Å². The molecule has 0 aliphatic rings. The minimum absolute atomic E-state index is 0.287. The molecule has 5 heteroatoms. The van der Waals surface area contributed by atoms with E-state index >= 15 is 0 Å². The molecule has 0 unspecified atom stereocenters. The number of nitrogens with zero attached hydrogens (tertiary/aromatic N) is 2. The second-order valence-corrected chi connectivity index (χ2v) is 3.71. The number of furan rings is 1. The molecule has 0 saturated heterocycles. The van der Waals surface area contributed by atoms with Gasteiger partial charge in [-0.15, -0.1) is 0 Å². The molecule has 0 radical (unpaired) electrons. The van der Waals surface area contributed by atoms with Crippen LogP contribution in [0, 0.1) is 13.8 Å². The van der Waals surface area contributed by atoms with Crippen LogP contribution in [-0.4, -0.2) is 9.13 Å². The van der Waals surface area contributed by atoms with Crippen molar-refractivity contribution in [1.82, 2.24) is 9.13 Å². The van der Waals surface area contributed by atoms with Crippen LogP contribution in [-0.2, 0) is 7.05 Å². The third-order valence-corrected chi connectivity index (χ3v) is 2.42. The molecule has 0 saturated carbocycles. The molecule has 0 bridgehead atoms. The van der Waals surface area contributed by atoms with Crippen molar-refractivity contribution < 1.29 is 4.42 Å². The highest BCUT2D eigenvalue weighted by molar-refractivity contribution is 5.22. The van der Waals surface area contributed by atoms with Gasteiger partial charge >= 0.3 is 5.69 Å². The van der Waals surface area contributed by atoms with Crippen molar-refractivity contribution in [2.75, 3.05) is 0 Å². The zero-order chi connectivity index (χ0) is 11.9. The lowest BCUT2D eigenvalue weighted by Crippen LogP contribution is -2.37. The summed E-state index contributed by atoms with van der Waals surface area (Å²) in [6.07, 6.45) is 1.49. The molecule has 2 aromatic heterocycles. The van der Waals surface area contributed by atoms with Crippen molar-refractivity contribution in [3.8, 4) is 5.88 Å². The molecule has 2 aromatic rings. The summed E-state index contributed by atoms with van der Waals surface area (Å²) in [5.41, 5.74) is -0.203. The maximum Gasteiger partial charge on any atom is 0.337 e. The van der Waals surface area contributed by atoms with E-state index < -0.39 is 5.69 Å². The Morgan fingerprint density at radius 1 is 1.19 bits per heavy atom. The van der Waals surface area contributed by atoms with E-state index in [1.54, 1.807) is 26.0 Å². The largest absolute Gasteiger partial charge is 0.445 e. The molecule has 2 rings (SSSR count). The number of hydrogen-bond acceptors (Lipinski definition) is 3. The number of aromatic nitrogens is 2.